The van der Waals surface area contributed by atoms with Gasteiger partial charge >= 0.3 is 0 Å². The third kappa shape index (κ3) is 4.02. The predicted octanol–water partition coefficient (Wildman–Crippen LogP) is 1.38. The molecule has 0 aromatic carbocycles. The predicted molar refractivity (Wildman–Crippen MR) is 87.1 cm³/mol. The maximum absolute atomic E-state index is 11.1. The summed E-state index contributed by atoms with van der Waals surface area (Å²) in [6.07, 6.45) is 2.11. The van der Waals surface area contributed by atoms with Gasteiger partial charge in [0.15, 0.2) is 5.79 Å². The zero-order chi connectivity index (χ0) is 17.5. The van der Waals surface area contributed by atoms with Gasteiger partial charge in [-0.25, -0.2) is 9.97 Å². The van der Waals surface area contributed by atoms with Crippen LogP contribution in [0.15, 0.2) is 12.4 Å². The summed E-state index contributed by atoms with van der Waals surface area (Å²) < 4.78 is 43.1. The third-order valence-electron chi connectivity index (χ3n) is 4.47. The first kappa shape index (κ1) is 17.5. The van der Waals surface area contributed by atoms with Crippen LogP contribution < -0.4 is 5.32 Å². The first-order chi connectivity index (χ1) is 11.1. The smallest absolute Gasteiger partial charge is 0.264 e. The third-order valence-corrected chi connectivity index (χ3v) is 5.22. The number of nitrogens with zero attached hydrogens (tertiary/aromatic N) is 2. The summed E-state index contributed by atoms with van der Waals surface area (Å²) in [5.41, 5.74) is 0.855. The molecule has 3 rings (SSSR count). The van der Waals surface area contributed by atoms with Crippen LogP contribution in [0, 0.1) is 12.8 Å². The number of rotatable bonds is 5. The minimum atomic E-state index is -3.99. The quantitative estimate of drug-likeness (QED) is 0.761. The van der Waals surface area contributed by atoms with E-state index in [1.54, 1.807) is 0 Å². The van der Waals surface area contributed by atoms with Crippen molar-refractivity contribution in [2.45, 2.75) is 57.6 Å². The molecule has 134 valence electrons. The van der Waals surface area contributed by atoms with E-state index in [-0.39, 0.29) is 29.9 Å². The largest absolute Gasteiger partial charge is 0.364 e. The van der Waals surface area contributed by atoms with Crippen LogP contribution in [-0.4, -0.2) is 52.7 Å². The number of aromatic nitrogens is 2. The summed E-state index contributed by atoms with van der Waals surface area (Å²) in [5, 5.41) is 3.35. The van der Waals surface area contributed by atoms with Gasteiger partial charge in [0.1, 0.15) is 18.2 Å². The zero-order valence-electron chi connectivity index (χ0n) is 14.0. The molecule has 1 aromatic rings. The summed E-state index contributed by atoms with van der Waals surface area (Å²) in [4.78, 5) is 8.28. The van der Waals surface area contributed by atoms with Crippen molar-refractivity contribution in [2.75, 3.05) is 11.1 Å². The van der Waals surface area contributed by atoms with Crippen LogP contribution in [0.2, 0.25) is 0 Å². The van der Waals surface area contributed by atoms with Crippen molar-refractivity contribution in [1.82, 2.24) is 9.97 Å². The van der Waals surface area contributed by atoms with E-state index >= 15 is 0 Å². The van der Waals surface area contributed by atoms with Gasteiger partial charge in [0.2, 0.25) is 0 Å². The minimum Gasteiger partial charge on any atom is -0.364 e. The van der Waals surface area contributed by atoms with E-state index in [1.807, 2.05) is 26.8 Å². The molecule has 2 heterocycles. The summed E-state index contributed by atoms with van der Waals surface area (Å²) >= 11 is 0. The van der Waals surface area contributed by atoms with Crippen LogP contribution in [0.1, 0.15) is 32.4 Å². The van der Waals surface area contributed by atoms with Crippen molar-refractivity contribution >= 4 is 15.9 Å². The van der Waals surface area contributed by atoms with E-state index in [2.05, 4.69) is 15.3 Å². The fourth-order valence-electron chi connectivity index (χ4n) is 3.53. The summed E-state index contributed by atoms with van der Waals surface area (Å²) in [5.74, 6) is -0.299. The lowest BCUT2D eigenvalue weighted by Crippen LogP contribution is -2.34. The van der Waals surface area contributed by atoms with E-state index in [0.29, 0.717) is 18.7 Å². The second-order valence-electron chi connectivity index (χ2n) is 6.93. The zero-order valence-corrected chi connectivity index (χ0v) is 14.8. The molecule has 0 spiro atoms. The summed E-state index contributed by atoms with van der Waals surface area (Å²) in [6, 6.07) is 1.80. The van der Waals surface area contributed by atoms with E-state index < -0.39 is 15.9 Å². The highest BCUT2D eigenvalue weighted by molar-refractivity contribution is 7.85. The molecule has 1 saturated carbocycles. The molecule has 0 amide bonds. The van der Waals surface area contributed by atoms with Gasteiger partial charge in [0.05, 0.1) is 17.9 Å². The molecule has 1 aliphatic heterocycles. The molecular formula is C15H23N3O5S. The fourth-order valence-corrected chi connectivity index (χ4v) is 4.13. The molecule has 0 radical (unpaired) electrons. The van der Waals surface area contributed by atoms with Crippen molar-refractivity contribution in [2.24, 2.45) is 5.92 Å². The van der Waals surface area contributed by atoms with Gasteiger partial charge in [-0.15, -0.1) is 0 Å². The minimum absolute atomic E-state index is 0.0147. The number of hydrogen-bond acceptors (Lipinski definition) is 7. The maximum atomic E-state index is 11.1. The second-order valence-corrected chi connectivity index (χ2v) is 8.50. The summed E-state index contributed by atoms with van der Waals surface area (Å²) in [6.45, 7) is 5.58. The Bertz CT molecular complexity index is 709. The van der Waals surface area contributed by atoms with Crippen LogP contribution in [-0.2, 0) is 19.6 Å². The molecule has 8 nitrogen and oxygen atoms in total. The Balaban J connectivity index is 1.75. The average molecular weight is 357 g/mol. The van der Waals surface area contributed by atoms with Crippen LogP contribution in [0.5, 0.6) is 0 Å². The highest BCUT2D eigenvalue weighted by Crippen LogP contribution is 2.43. The molecule has 1 aromatic heterocycles. The van der Waals surface area contributed by atoms with Crippen LogP contribution in [0.3, 0.4) is 0 Å². The number of hydrogen-bond donors (Lipinski definition) is 2. The maximum Gasteiger partial charge on any atom is 0.264 e. The van der Waals surface area contributed by atoms with Crippen LogP contribution in [0.4, 0.5) is 5.82 Å². The number of fused-ring (bicyclic) bond motifs is 1. The lowest BCUT2D eigenvalue weighted by molar-refractivity contribution is -0.157. The number of nitrogens with one attached hydrogen (secondary N) is 1. The molecule has 2 N–H and O–H groups in total. The number of aryl methyl sites for hydroxylation is 1. The van der Waals surface area contributed by atoms with Crippen LogP contribution >= 0.6 is 0 Å². The highest BCUT2D eigenvalue weighted by atomic mass is 32.2. The molecule has 24 heavy (non-hydrogen) atoms. The van der Waals surface area contributed by atoms with Gasteiger partial charge in [0.25, 0.3) is 10.1 Å². The molecule has 0 unspecified atom stereocenters. The Kier molecular flexibility index (Phi) is 4.54. The first-order valence-corrected chi connectivity index (χ1v) is 9.60. The first-order valence-electron chi connectivity index (χ1n) is 7.99. The number of ether oxygens (including phenoxy) is 2. The van der Waals surface area contributed by atoms with Crippen molar-refractivity contribution in [3.63, 3.8) is 0 Å². The van der Waals surface area contributed by atoms with Crippen molar-refractivity contribution in [1.29, 1.82) is 0 Å². The SMILES string of the molecule is Cc1cc(N[C@@H]2C[C@H](CCS(=O)(=O)O)[C@H]3OC(C)(C)O[C@H]32)ncn1. The molecule has 9 heteroatoms. The Morgan fingerprint density at radius 1 is 1.33 bits per heavy atom. The molecule has 2 fully saturated rings. The van der Waals surface area contributed by atoms with Gasteiger partial charge in [-0.1, -0.05) is 0 Å². The van der Waals surface area contributed by atoms with Crippen molar-refractivity contribution < 1.29 is 22.4 Å². The molecule has 1 aliphatic carbocycles. The highest BCUT2D eigenvalue weighted by Gasteiger charge is 2.53. The molecule has 0 bridgehead atoms. The van der Waals surface area contributed by atoms with Crippen molar-refractivity contribution in [3.05, 3.63) is 18.1 Å². The lowest BCUT2D eigenvalue weighted by atomic mass is 10.0. The van der Waals surface area contributed by atoms with Gasteiger partial charge in [0, 0.05) is 11.8 Å². The van der Waals surface area contributed by atoms with E-state index in [4.69, 9.17) is 14.0 Å². The normalized spacial score (nSPS) is 31.8. The Morgan fingerprint density at radius 2 is 2.04 bits per heavy atom. The Morgan fingerprint density at radius 3 is 2.71 bits per heavy atom. The molecular weight excluding hydrogens is 334 g/mol. The monoisotopic (exact) mass is 357 g/mol. The van der Waals surface area contributed by atoms with Gasteiger partial charge in [-0.2, -0.15) is 8.42 Å². The van der Waals surface area contributed by atoms with E-state index in [9.17, 15) is 8.42 Å². The number of anilines is 1. The summed E-state index contributed by atoms with van der Waals surface area (Å²) in [7, 11) is -3.99. The lowest BCUT2D eigenvalue weighted by Gasteiger charge is -2.24. The Labute approximate surface area is 141 Å². The van der Waals surface area contributed by atoms with Gasteiger partial charge in [-0.05, 0) is 39.5 Å². The van der Waals surface area contributed by atoms with Crippen molar-refractivity contribution in [3.8, 4) is 0 Å². The van der Waals surface area contributed by atoms with Gasteiger partial charge < -0.3 is 14.8 Å². The van der Waals surface area contributed by atoms with Crippen LogP contribution in [0.25, 0.3) is 0 Å². The molecule has 1 saturated heterocycles. The second kappa shape index (κ2) is 6.21. The molecule has 4 atom stereocenters. The fraction of sp³-hybridized carbons (Fsp3) is 0.733. The Hall–Kier alpha value is -1.29. The van der Waals surface area contributed by atoms with Gasteiger partial charge in [-0.3, -0.25) is 4.55 Å². The topological polar surface area (TPSA) is 111 Å². The standard InChI is InChI=1S/C15H23N3O5S/c1-9-6-12(17-8-16-9)18-11-7-10(4-5-24(19,20)21)13-14(11)23-15(2,3)22-13/h6,8,10-11,13-14H,4-5,7H2,1-3H3,(H,16,17,18)(H,19,20,21)/t10-,11+,13+,14-/m0/s1. The van der Waals surface area contributed by atoms with E-state index in [0.717, 1.165) is 5.69 Å². The molecule has 2 aliphatic rings. The average Bonchev–Trinajstić information content (AvgIpc) is 2.91. The van der Waals surface area contributed by atoms with E-state index in [1.165, 1.54) is 6.33 Å².